The highest BCUT2D eigenvalue weighted by atomic mass is 32.2. The van der Waals surface area contributed by atoms with Gasteiger partial charge < -0.3 is 9.73 Å². The highest BCUT2D eigenvalue weighted by Crippen LogP contribution is 2.21. The Morgan fingerprint density at radius 2 is 1.83 bits per heavy atom. The van der Waals surface area contributed by atoms with Crippen LogP contribution in [0.5, 0.6) is 0 Å². The van der Waals surface area contributed by atoms with E-state index in [0.29, 0.717) is 22.8 Å². The third-order valence-corrected chi connectivity index (χ3v) is 5.49. The van der Waals surface area contributed by atoms with Crippen LogP contribution in [-0.2, 0) is 10.0 Å². The number of amides is 1. The lowest BCUT2D eigenvalue weighted by Crippen LogP contribution is -2.24. The van der Waals surface area contributed by atoms with Crippen molar-refractivity contribution >= 4 is 21.6 Å². The Balaban J connectivity index is 1.66. The summed E-state index contributed by atoms with van der Waals surface area (Å²) >= 11 is 0. The van der Waals surface area contributed by atoms with Gasteiger partial charge in [0.2, 0.25) is 10.0 Å². The van der Waals surface area contributed by atoms with E-state index in [9.17, 15) is 13.2 Å². The Kier molecular flexibility index (Phi) is 6.07. The van der Waals surface area contributed by atoms with Crippen molar-refractivity contribution in [2.45, 2.75) is 18.2 Å². The van der Waals surface area contributed by atoms with Gasteiger partial charge in [-0.15, -0.1) is 0 Å². The maximum atomic E-state index is 12.4. The molecule has 2 aromatic carbocycles. The number of nitrogens with one attached hydrogen (secondary N) is 2. The van der Waals surface area contributed by atoms with Crippen LogP contribution in [0.4, 0.5) is 5.69 Å². The zero-order valence-electron chi connectivity index (χ0n) is 15.5. The summed E-state index contributed by atoms with van der Waals surface area (Å²) in [5, 5.41) is 11.2. The van der Waals surface area contributed by atoms with Crippen LogP contribution in [0.2, 0.25) is 0 Å². The van der Waals surface area contributed by atoms with Gasteiger partial charge in [0.15, 0.2) is 5.89 Å². The van der Waals surface area contributed by atoms with Crippen molar-refractivity contribution in [3.8, 4) is 17.3 Å². The summed E-state index contributed by atoms with van der Waals surface area (Å²) in [4.78, 5) is 16.7. The quantitative estimate of drug-likeness (QED) is 0.577. The molecule has 1 aromatic heterocycles. The molecule has 148 valence electrons. The van der Waals surface area contributed by atoms with Crippen LogP contribution >= 0.6 is 0 Å². The highest BCUT2D eigenvalue weighted by molar-refractivity contribution is 7.89. The number of rotatable bonds is 7. The zero-order valence-corrected chi connectivity index (χ0v) is 16.4. The van der Waals surface area contributed by atoms with Gasteiger partial charge in [0.1, 0.15) is 12.0 Å². The fourth-order valence-electron chi connectivity index (χ4n) is 2.53. The number of sulfonamides is 1. The molecule has 0 radical (unpaired) electrons. The number of benzene rings is 2. The second-order valence-corrected chi connectivity index (χ2v) is 7.88. The minimum Gasteiger partial charge on any atom is -0.449 e. The summed E-state index contributed by atoms with van der Waals surface area (Å²) in [7, 11) is -3.71. The Bertz CT molecular complexity index is 1140. The molecule has 0 fully saturated rings. The predicted molar refractivity (Wildman–Crippen MR) is 106 cm³/mol. The fourth-order valence-corrected chi connectivity index (χ4v) is 3.57. The maximum absolute atomic E-state index is 12.4. The molecule has 0 aliphatic carbocycles. The largest absolute Gasteiger partial charge is 0.449 e. The fraction of sp³-hybridized carbons (Fsp3) is 0.150. The normalized spacial score (nSPS) is 11.0. The first-order chi connectivity index (χ1) is 13.9. The van der Waals surface area contributed by atoms with Crippen LogP contribution in [0, 0.1) is 18.3 Å². The Hall–Kier alpha value is -3.48. The molecule has 9 heteroatoms. The monoisotopic (exact) mass is 410 g/mol. The van der Waals surface area contributed by atoms with E-state index in [1.54, 1.807) is 25.3 Å². The molecule has 0 aliphatic heterocycles. The summed E-state index contributed by atoms with van der Waals surface area (Å²) < 4.78 is 31.7. The van der Waals surface area contributed by atoms with Crippen LogP contribution in [0.1, 0.15) is 22.7 Å². The van der Waals surface area contributed by atoms with Gasteiger partial charge in [-0.05, 0) is 36.4 Å². The molecule has 0 bridgehead atoms. The summed E-state index contributed by atoms with van der Waals surface area (Å²) in [6.07, 6.45) is 1.64. The Morgan fingerprint density at radius 1 is 1.14 bits per heavy atom. The third kappa shape index (κ3) is 5.07. The topological polar surface area (TPSA) is 125 Å². The summed E-state index contributed by atoms with van der Waals surface area (Å²) in [6.45, 7) is 1.79. The van der Waals surface area contributed by atoms with Crippen LogP contribution < -0.4 is 10.0 Å². The van der Waals surface area contributed by atoms with Crippen LogP contribution in [0.15, 0.2) is 64.1 Å². The van der Waals surface area contributed by atoms with E-state index < -0.39 is 10.0 Å². The van der Waals surface area contributed by atoms with Crippen molar-refractivity contribution < 1.29 is 17.6 Å². The summed E-state index contributed by atoms with van der Waals surface area (Å²) in [5.74, 6) is 0.208. The number of carbonyl (C=O) groups excluding carboxylic acids is 1. The molecule has 3 aromatic rings. The molecule has 1 heterocycles. The molecule has 0 spiro atoms. The second kappa shape index (κ2) is 8.68. The molecular formula is C20H18N4O4S. The second-order valence-electron chi connectivity index (χ2n) is 6.11. The first kappa shape index (κ1) is 20.3. The van der Waals surface area contributed by atoms with E-state index in [4.69, 9.17) is 9.68 Å². The lowest BCUT2D eigenvalue weighted by atomic mass is 10.1. The molecule has 2 N–H and O–H groups in total. The van der Waals surface area contributed by atoms with Gasteiger partial charge in [-0.2, -0.15) is 5.26 Å². The summed E-state index contributed by atoms with van der Waals surface area (Å²) in [6, 6.07) is 14.5. The number of hydrogen-bond acceptors (Lipinski definition) is 6. The average molecular weight is 410 g/mol. The average Bonchev–Trinajstić information content (AvgIpc) is 3.15. The smallest absolute Gasteiger partial charge is 0.255 e. The summed E-state index contributed by atoms with van der Waals surface area (Å²) in [5.41, 5.74) is 2.48. The molecular weight excluding hydrogens is 392 g/mol. The van der Waals surface area contributed by atoms with Gasteiger partial charge in [-0.1, -0.05) is 12.1 Å². The minimum atomic E-state index is -3.71. The van der Waals surface area contributed by atoms with E-state index in [0.717, 1.165) is 5.56 Å². The molecule has 0 saturated carbocycles. The van der Waals surface area contributed by atoms with Crippen molar-refractivity contribution in [3.05, 3.63) is 66.2 Å². The number of nitrogens with zero attached hydrogens (tertiary/aromatic N) is 2. The van der Waals surface area contributed by atoms with Crippen LogP contribution in [0.3, 0.4) is 0 Å². The zero-order chi connectivity index (χ0) is 20.9. The van der Waals surface area contributed by atoms with Crippen molar-refractivity contribution in [2.24, 2.45) is 0 Å². The highest BCUT2D eigenvalue weighted by Gasteiger charge is 2.14. The van der Waals surface area contributed by atoms with Crippen molar-refractivity contribution in [1.29, 1.82) is 5.26 Å². The van der Waals surface area contributed by atoms with Crippen LogP contribution in [-0.4, -0.2) is 25.9 Å². The van der Waals surface area contributed by atoms with Gasteiger partial charge in [-0.3, -0.25) is 4.79 Å². The predicted octanol–water partition coefficient (Wildman–Crippen LogP) is 3.09. The van der Waals surface area contributed by atoms with Gasteiger partial charge in [0.05, 0.1) is 11.0 Å². The molecule has 0 unspecified atom stereocenters. The molecule has 0 aliphatic rings. The van der Waals surface area contributed by atoms with Crippen molar-refractivity contribution in [1.82, 2.24) is 9.71 Å². The molecule has 0 atom stereocenters. The van der Waals surface area contributed by atoms with E-state index in [-0.39, 0.29) is 23.8 Å². The van der Waals surface area contributed by atoms with Gasteiger partial charge in [0.25, 0.3) is 5.91 Å². The van der Waals surface area contributed by atoms with E-state index in [1.165, 1.54) is 24.3 Å². The number of nitriles is 1. The first-order valence-corrected chi connectivity index (χ1v) is 10.2. The SMILES string of the molecule is Cc1nc(-c2ccc(NC(=O)c3ccc(S(=O)(=O)NCCC#N)cc3)cc2)co1. The van der Waals surface area contributed by atoms with E-state index in [1.807, 2.05) is 18.2 Å². The molecule has 1 amide bonds. The van der Waals surface area contributed by atoms with E-state index in [2.05, 4.69) is 15.0 Å². The third-order valence-electron chi connectivity index (χ3n) is 4.01. The molecule has 3 rings (SSSR count). The maximum Gasteiger partial charge on any atom is 0.255 e. The number of aromatic nitrogens is 1. The molecule has 29 heavy (non-hydrogen) atoms. The lowest BCUT2D eigenvalue weighted by Gasteiger charge is -2.08. The minimum absolute atomic E-state index is 0.0271. The van der Waals surface area contributed by atoms with Crippen LogP contribution in [0.25, 0.3) is 11.3 Å². The first-order valence-electron chi connectivity index (χ1n) is 8.69. The van der Waals surface area contributed by atoms with Gasteiger partial charge >= 0.3 is 0 Å². The number of hydrogen-bond donors (Lipinski definition) is 2. The molecule has 0 saturated heterocycles. The number of oxazole rings is 1. The number of anilines is 1. The Morgan fingerprint density at radius 3 is 2.41 bits per heavy atom. The number of aryl methyl sites for hydroxylation is 1. The van der Waals surface area contributed by atoms with Crippen molar-refractivity contribution in [3.63, 3.8) is 0 Å². The lowest BCUT2D eigenvalue weighted by molar-refractivity contribution is 0.102. The number of carbonyl (C=O) groups is 1. The standard InChI is InChI=1S/C20H18N4O4S/c1-14-23-19(13-28-14)15-3-7-17(8-4-15)24-20(25)16-5-9-18(10-6-16)29(26,27)22-12-2-11-21/h3-10,13,22H,2,12H2,1H3,(H,24,25). The van der Waals surface area contributed by atoms with Crippen molar-refractivity contribution in [2.75, 3.05) is 11.9 Å². The van der Waals surface area contributed by atoms with E-state index >= 15 is 0 Å². The van der Waals surface area contributed by atoms with Gasteiger partial charge in [-0.25, -0.2) is 18.1 Å². The van der Waals surface area contributed by atoms with Gasteiger partial charge in [0, 0.05) is 36.7 Å². The Labute approximate surface area is 168 Å². The molecule has 8 nitrogen and oxygen atoms in total.